The van der Waals surface area contributed by atoms with E-state index in [1.807, 2.05) is 30.3 Å². The van der Waals surface area contributed by atoms with Crippen molar-refractivity contribution in [3.8, 4) is 0 Å². The standard InChI is InChI=1S/C9H9N3/c10-8-5-7-3-1-2-4-9(7)12-11-6-8/h1-6,12H,10H2. The average molecular weight is 159 g/mol. The SMILES string of the molecule is NC1=Cc2ccccc2NN=C1. The van der Waals surface area contributed by atoms with E-state index in [1.165, 1.54) is 0 Å². The van der Waals surface area contributed by atoms with Crippen LogP contribution < -0.4 is 11.2 Å². The molecule has 0 atom stereocenters. The highest BCUT2D eigenvalue weighted by molar-refractivity contribution is 5.88. The Hall–Kier alpha value is -1.77. The lowest BCUT2D eigenvalue weighted by atomic mass is 10.1. The fourth-order valence-corrected chi connectivity index (χ4v) is 1.12. The van der Waals surface area contributed by atoms with Gasteiger partial charge in [-0.25, -0.2) is 0 Å². The number of hydrogen-bond acceptors (Lipinski definition) is 3. The summed E-state index contributed by atoms with van der Waals surface area (Å²) in [7, 11) is 0. The summed E-state index contributed by atoms with van der Waals surface area (Å²) in [6.07, 6.45) is 3.48. The molecule has 3 heteroatoms. The van der Waals surface area contributed by atoms with Gasteiger partial charge in [-0.3, -0.25) is 5.43 Å². The van der Waals surface area contributed by atoms with Gasteiger partial charge in [0.15, 0.2) is 0 Å². The normalized spacial score (nSPS) is 14.2. The van der Waals surface area contributed by atoms with Gasteiger partial charge in [0.25, 0.3) is 0 Å². The van der Waals surface area contributed by atoms with Crippen molar-refractivity contribution in [1.82, 2.24) is 0 Å². The van der Waals surface area contributed by atoms with Crippen LogP contribution >= 0.6 is 0 Å². The lowest BCUT2D eigenvalue weighted by molar-refractivity contribution is 1.35. The number of nitrogens with zero attached hydrogens (tertiary/aromatic N) is 1. The fraction of sp³-hybridized carbons (Fsp3) is 0. The van der Waals surface area contributed by atoms with Crippen LogP contribution in [-0.4, -0.2) is 6.21 Å². The molecule has 0 radical (unpaired) electrons. The van der Waals surface area contributed by atoms with Crippen molar-refractivity contribution in [3.05, 3.63) is 35.5 Å². The summed E-state index contributed by atoms with van der Waals surface area (Å²) >= 11 is 0. The van der Waals surface area contributed by atoms with Crippen LogP contribution in [0, 0.1) is 0 Å². The summed E-state index contributed by atoms with van der Waals surface area (Å²) in [5.74, 6) is 0. The smallest absolute Gasteiger partial charge is 0.0702 e. The highest BCUT2D eigenvalue weighted by Crippen LogP contribution is 2.18. The second-order valence-corrected chi connectivity index (χ2v) is 2.60. The van der Waals surface area contributed by atoms with Gasteiger partial charge < -0.3 is 5.73 Å². The molecule has 0 amide bonds. The summed E-state index contributed by atoms with van der Waals surface area (Å²) < 4.78 is 0. The monoisotopic (exact) mass is 159 g/mol. The van der Waals surface area contributed by atoms with E-state index in [4.69, 9.17) is 5.73 Å². The number of allylic oxidation sites excluding steroid dienone is 1. The van der Waals surface area contributed by atoms with Crippen LogP contribution in [0.5, 0.6) is 0 Å². The van der Waals surface area contributed by atoms with Crippen LogP contribution in [0.25, 0.3) is 6.08 Å². The molecule has 0 aliphatic carbocycles. The number of hydrogen-bond donors (Lipinski definition) is 2. The molecule has 0 fully saturated rings. The van der Waals surface area contributed by atoms with Crippen LogP contribution in [0.4, 0.5) is 5.69 Å². The van der Waals surface area contributed by atoms with Gasteiger partial charge in [0, 0.05) is 5.56 Å². The lowest BCUT2D eigenvalue weighted by Crippen LogP contribution is -1.96. The van der Waals surface area contributed by atoms with Gasteiger partial charge in [-0.2, -0.15) is 5.10 Å². The molecule has 12 heavy (non-hydrogen) atoms. The van der Waals surface area contributed by atoms with E-state index in [0.29, 0.717) is 5.70 Å². The van der Waals surface area contributed by atoms with Crippen molar-refractivity contribution in [3.63, 3.8) is 0 Å². The first-order valence-electron chi connectivity index (χ1n) is 3.71. The number of nitrogens with one attached hydrogen (secondary N) is 1. The van der Waals surface area contributed by atoms with E-state index in [1.54, 1.807) is 6.21 Å². The van der Waals surface area contributed by atoms with E-state index in [9.17, 15) is 0 Å². The quantitative estimate of drug-likeness (QED) is 0.601. The molecule has 0 unspecified atom stereocenters. The van der Waals surface area contributed by atoms with Crippen molar-refractivity contribution in [2.45, 2.75) is 0 Å². The number of hydrazone groups is 1. The Balaban J connectivity index is 2.54. The zero-order valence-electron chi connectivity index (χ0n) is 6.49. The van der Waals surface area contributed by atoms with Crippen LogP contribution in [0.2, 0.25) is 0 Å². The summed E-state index contributed by atoms with van der Waals surface area (Å²) in [5, 5.41) is 3.92. The molecule has 2 rings (SSSR count). The zero-order chi connectivity index (χ0) is 8.39. The minimum absolute atomic E-state index is 0.660. The highest BCUT2D eigenvalue weighted by atomic mass is 15.3. The maximum absolute atomic E-state index is 5.62. The summed E-state index contributed by atoms with van der Waals surface area (Å²) in [4.78, 5) is 0. The Bertz CT molecular complexity index is 353. The Morgan fingerprint density at radius 2 is 2.08 bits per heavy atom. The Labute approximate surface area is 70.6 Å². The number of anilines is 1. The molecule has 0 aromatic heterocycles. The van der Waals surface area contributed by atoms with E-state index in [2.05, 4.69) is 10.5 Å². The van der Waals surface area contributed by atoms with Crippen LogP contribution in [0.3, 0.4) is 0 Å². The molecule has 0 spiro atoms. The van der Waals surface area contributed by atoms with Gasteiger partial charge in [0.05, 0.1) is 17.6 Å². The van der Waals surface area contributed by atoms with E-state index in [0.717, 1.165) is 11.3 Å². The third-order valence-electron chi connectivity index (χ3n) is 1.68. The molecule has 0 saturated carbocycles. The minimum atomic E-state index is 0.660. The molecule has 1 aromatic rings. The van der Waals surface area contributed by atoms with Gasteiger partial charge in [0.1, 0.15) is 0 Å². The Kier molecular flexibility index (Phi) is 1.55. The predicted molar refractivity (Wildman–Crippen MR) is 50.7 cm³/mol. The van der Waals surface area contributed by atoms with Gasteiger partial charge in [-0.15, -0.1) is 0 Å². The first kappa shape index (κ1) is 6.91. The molecule has 1 heterocycles. The first-order chi connectivity index (χ1) is 5.86. The van der Waals surface area contributed by atoms with Crippen LogP contribution in [0.1, 0.15) is 5.56 Å². The van der Waals surface area contributed by atoms with Gasteiger partial charge in [-0.05, 0) is 12.1 Å². The summed E-state index contributed by atoms with van der Waals surface area (Å²) in [5.41, 5.74) is 11.2. The van der Waals surface area contributed by atoms with Gasteiger partial charge in [-0.1, -0.05) is 18.2 Å². The molecule has 60 valence electrons. The third kappa shape index (κ3) is 1.16. The molecule has 3 N–H and O–H groups in total. The number of nitrogens with two attached hydrogens (primary N) is 1. The molecule has 0 bridgehead atoms. The fourth-order valence-electron chi connectivity index (χ4n) is 1.12. The second-order valence-electron chi connectivity index (χ2n) is 2.60. The minimum Gasteiger partial charge on any atom is -0.397 e. The number of benzene rings is 1. The first-order valence-corrected chi connectivity index (χ1v) is 3.71. The number of rotatable bonds is 0. The molecule has 1 aromatic carbocycles. The average Bonchev–Trinajstić information content (AvgIpc) is 2.25. The summed E-state index contributed by atoms with van der Waals surface area (Å²) in [6.45, 7) is 0. The summed E-state index contributed by atoms with van der Waals surface area (Å²) in [6, 6.07) is 7.87. The third-order valence-corrected chi connectivity index (χ3v) is 1.68. The number of para-hydroxylation sites is 1. The molecular formula is C9H9N3. The van der Waals surface area contributed by atoms with E-state index >= 15 is 0 Å². The van der Waals surface area contributed by atoms with Gasteiger partial charge in [0.2, 0.25) is 0 Å². The zero-order valence-corrected chi connectivity index (χ0v) is 6.49. The second kappa shape index (κ2) is 2.70. The van der Waals surface area contributed by atoms with Crippen molar-refractivity contribution >= 4 is 18.0 Å². The highest BCUT2D eigenvalue weighted by Gasteiger charge is 2.00. The van der Waals surface area contributed by atoms with Crippen molar-refractivity contribution in [2.75, 3.05) is 5.43 Å². The van der Waals surface area contributed by atoms with Crippen molar-refractivity contribution in [2.24, 2.45) is 10.8 Å². The topological polar surface area (TPSA) is 50.4 Å². The largest absolute Gasteiger partial charge is 0.397 e. The maximum Gasteiger partial charge on any atom is 0.0702 e. The number of fused-ring (bicyclic) bond motifs is 1. The molecule has 1 aliphatic rings. The Morgan fingerprint density at radius 1 is 1.25 bits per heavy atom. The van der Waals surface area contributed by atoms with Crippen molar-refractivity contribution < 1.29 is 0 Å². The molecule has 3 nitrogen and oxygen atoms in total. The van der Waals surface area contributed by atoms with E-state index < -0.39 is 0 Å². The lowest BCUT2D eigenvalue weighted by Gasteiger charge is -2.01. The van der Waals surface area contributed by atoms with Gasteiger partial charge >= 0.3 is 0 Å². The van der Waals surface area contributed by atoms with Crippen LogP contribution in [0.15, 0.2) is 35.1 Å². The van der Waals surface area contributed by atoms with E-state index in [-0.39, 0.29) is 0 Å². The molecule has 0 saturated heterocycles. The van der Waals surface area contributed by atoms with Crippen molar-refractivity contribution in [1.29, 1.82) is 0 Å². The Morgan fingerprint density at radius 3 is 3.00 bits per heavy atom. The van der Waals surface area contributed by atoms with Crippen LogP contribution in [-0.2, 0) is 0 Å². The molecular weight excluding hydrogens is 150 g/mol. The molecule has 1 aliphatic heterocycles. The predicted octanol–water partition coefficient (Wildman–Crippen LogP) is 1.40. The maximum atomic E-state index is 5.62.